The summed E-state index contributed by atoms with van der Waals surface area (Å²) in [6.07, 6.45) is 0. The van der Waals surface area contributed by atoms with Crippen molar-refractivity contribution in [2.45, 2.75) is 0 Å². The summed E-state index contributed by atoms with van der Waals surface area (Å²) in [7, 11) is 1.51. The first-order valence-electron chi connectivity index (χ1n) is 3.82. The summed E-state index contributed by atoms with van der Waals surface area (Å²) in [5.41, 5.74) is 0.373. The highest BCUT2D eigenvalue weighted by Crippen LogP contribution is 2.27. The number of hydrogen-bond acceptors (Lipinski definition) is 2. The standard InChI is InChI=1S/C10H9ClO3/c1-6(10(12)13)8-4-3-7(14-2)5-9(8)11/h3-5H,1H2,2H3,(H,12,13). The van der Waals surface area contributed by atoms with Crippen molar-refractivity contribution in [1.82, 2.24) is 0 Å². The van der Waals surface area contributed by atoms with E-state index >= 15 is 0 Å². The molecule has 0 aliphatic heterocycles. The number of halogens is 1. The number of carboxylic acids is 1. The second-order valence-electron chi connectivity index (χ2n) is 2.63. The predicted molar refractivity (Wildman–Crippen MR) is 54.7 cm³/mol. The summed E-state index contributed by atoms with van der Waals surface area (Å²) in [6, 6.07) is 4.75. The van der Waals surface area contributed by atoms with Gasteiger partial charge in [0.05, 0.1) is 17.7 Å². The number of aliphatic carboxylic acids is 1. The van der Waals surface area contributed by atoms with Gasteiger partial charge >= 0.3 is 5.97 Å². The fourth-order valence-corrected chi connectivity index (χ4v) is 1.27. The van der Waals surface area contributed by atoms with Crippen molar-refractivity contribution in [2.24, 2.45) is 0 Å². The minimum Gasteiger partial charge on any atom is -0.497 e. The summed E-state index contributed by atoms with van der Waals surface area (Å²) < 4.78 is 4.93. The Hall–Kier alpha value is -1.48. The molecule has 1 aromatic carbocycles. The third-order valence-electron chi connectivity index (χ3n) is 1.76. The lowest BCUT2D eigenvalue weighted by Gasteiger charge is -2.05. The van der Waals surface area contributed by atoms with E-state index in [0.717, 1.165) is 0 Å². The monoisotopic (exact) mass is 212 g/mol. The Kier molecular flexibility index (Phi) is 3.14. The van der Waals surface area contributed by atoms with Crippen molar-refractivity contribution in [3.8, 4) is 5.75 Å². The second-order valence-corrected chi connectivity index (χ2v) is 3.04. The summed E-state index contributed by atoms with van der Waals surface area (Å²) in [5, 5.41) is 9.01. The van der Waals surface area contributed by atoms with E-state index in [1.165, 1.54) is 7.11 Å². The molecule has 0 amide bonds. The summed E-state index contributed by atoms with van der Waals surface area (Å²) in [4.78, 5) is 10.6. The third kappa shape index (κ3) is 2.06. The first-order valence-corrected chi connectivity index (χ1v) is 4.20. The number of hydrogen-bond donors (Lipinski definition) is 1. The van der Waals surface area contributed by atoms with Crippen molar-refractivity contribution in [1.29, 1.82) is 0 Å². The Morgan fingerprint density at radius 3 is 2.64 bits per heavy atom. The Labute approximate surface area is 86.6 Å². The van der Waals surface area contributed by atoms with E-state index in [2.05, 4.69) is 6.58 Å². The van der Waals surface area contributed by atoms with Gasteiger partial charge < -0.3 is 9.84 Å². The van der Waals surface area contributed by atoms with Crippen molar-refractivity contribution < 1.29 is 14.6 Å². The largest absolute Gasteiger partial charge is 0.497 e. The fourth-order valence-electron chi connectivity index (χ4n) is 0.983. The Balaban J connectivity index is 3.12. The molecule has 0 saturated carbocycles. The molecule has 1 aromatic rings. The molecule has 0 radical (unpaired) electrons. The quantitative estimate of drug-likeness (QED) is 0.783. The van der Waals surface area contributed by atoms with Crippen LogP contribution in [0.4, 0.5) is 0 Å². The smallest absolute Gasteiger partial charge is 0.335 e. The van der Waals surface area contributed by atoms with E-state index in [9.17, 15) is 4.79 Å². The highest BCUT2D eigenvalue weighted by molar-refractivity contribution is 6.34. The number of benzene rings is 1. The van der Waals surface area contributed by atoms with Crippen LogP contribution in [0, 0.1) is 0 Å². The van der Waals surface area contributed by atoms with Crippen LogP contribution in [-0.2, 0) is 4.79 Å². The Bertz CT molecular complexity index is 385. The minimum atomic E-state index is -1.09. The van der Waals surface area contributed by atoms with E-state index in [0.29, 0.717) is 16.3 Å². The van der Waals surface area contributed by atoms with Gasteiger partial charge in [-0.1, -0.05) is 18.2 Å². The highest BCUT2D eigenvalue weighted by atomic mass is 35.5. The number of carbonyl (C=O) groups is 1. The molecule has 0 spiro atoms. The molecular weight excluding hydrogens is 204 g/mol. The molecule has 0 fully saturated rings. The molecule has 1 rings (SSSR count). The van der Waals surface area contributed by atoms with Gasteiger partial charge in [0.2, 0.25) is 0 Å². The zero-order chi connectivity index (χ0) is 10.7. The molecule has 0 unspecified atom stereocenters. The molecule has 3 nitrogen and oxygen atoms in total. The average molecular weight is 213 g/mol. The van der Waals surface area contributed by atoms with Crippen molar-refractivity contribution in [3.05, 3.63) is 35.4 Å². The molecule has 0 aliphatic carbocycles. The lowest BCUT2D eigenvalue weighted by molar-refractivity contribution is -0.130. The Morgan fingerprint density at radius 1 is 1.57 bits per heavy atom. The molecule has 0 bridgehead atoms. The van der Waals surface area contributed by atoms with E-state index in [-0.39, 0.29) is 5.57 Å². The van der Waals surface area contributed by atoms with Crippen molar-refractivity contribution in [2.75, 3.05) is 7.11 Å². The van der Waals surface area contributed by atoms with Crippen LogP contribution in [0.2, 0.25) is 5.02 Å². The lowest BCUT2D eigenvalue weighted by Crippen LogP contribution is -1.98. The van der Waals surface area contributed by atoms with Crippen LogP contribution in [0.3, 0.4) is 0 Å². The molecular formula is C10H9ClO3. The van der Waals surface area contributed by atoms with Gasteiger partial charge in [0.15, 0.2) is 0 Å². The van der Waals surface area contributed by atoms with Crippen LogP contribution in [0.15, 0.2) is 24.8 Å². The molecule has 1 N–H and O–H groups in total. The van der Waals surface area contributed by atoms with Crippen LogP contribution in [0.5, 0.6) is 5.75 Å². The van der Waals surface area contributed by atoms with Crippen LogP contribution >= 0.6 is 11.6 Å². The number of methoxy groups -OCH3 is 1. The van der Waals surface area contributed by atoms with Crippen LogP contribution < -0.4 is 4.74 Å². The fraction of sp³-hybridized carbons (Fsp3) is 0.100. The summed E-state index contributed by atoms with van der Waals surface area (Å²) >= 11 is 5.84. The Morgan fingerprint density at radius 2 is 2.21 bits per heavy atom. The van der Waals surface area contributed by atoms with E-state index in [1.807, 2.05) is 0 Å². The molecule has 0 aliphatic rings. The van der Waals surface area contributed by atoms with Crippen LogP contribution in [0.1, 0.15) is 5.56 Å². The van der Waals surface area contributed by atoms with E-state index in [4.69, 9.17) is 21.4 Å². The van der Waals surface area contributed by atoms with Crippen LogP contribution in [-0.4, -0.2) is 18.2 Å². The summed E-state index contributed by atoms with van der Waals surface area (Å²) in [6.45, 7) is 3.42. The van der Waals surface area contributed by atoms with Gasteiger partial charge in [-0.15, -0.1) is 0 Å². The summed E-state index contributed by atoms with van der Waals surface area (Å²) in [5.74, 6) is -0.506. The first-order chi connectivity index (χ1) is 6.56. The SMILES string of the molecule is C=C(C(=O)O)c1ccc(OC)cc1Cl. The highest BCUT2D eigenvalue weighted by Gasteiger charge is 2.11. The zero-order valence-electron chi connectivity index (χ0n) is 7.58. The second kappa shape index (κ2) is 4.15. The number of rotatable bonds is 3. The van der Waals surface area contributed by atoms with Gasteiger partial charge in [-0.05, 0) is 18.2 Å². The molecule has 14 heavy (non-hydrogen) atoms. The average Bonchev–Trinajstić information content (AvgIpc) is 2.16. The maximum atomic E-state index is 10.6. The molecule has 74 valence electrons. The van der Waals surface area contributed by atoms with Gasteiger partial charge in [0.25, 0.3) is 0 Å². The van der Waals surface area contributed by atoms with Gasteiger partial charge in [0, 0.05) is 5.56 Å². The molecule has 0 saturated heterocycles. The molecule has 0 heterocycles. The zero-order valence-corrected chi connectivity index (χ0v) is 8.34. The van der Waals surface area contributed by atoms with Gasteiger partial charge in [-0.25, -0.2) is 4.79 Å². The van der Waals surface area contributed by atoms with Crippen LogP contribution in [0.25, 0.3) is 5.57 Å². The van der Waals surface area contributed by atoms with Gasteiger partial charge in [0.1, 0.15) is 5.75 Å². The maximum absolute atomic E-state index is 10.6. The molecule has 0 atom stereocenters. The number of ether oxygens (including phenoxy) is 1. The van der Waals surface area contributed by atoms with E-state index in [1.54, 1.807) is 18.2 Å². The topological polar surface area (TPSA) is 46.5 Å². The van der Waals surface area contributed by atoms with Crippen molar-refractivity contribution in [3.63, 3.8) is 0 Å². The lowest BCUT2D eigenvalue weighted by atomic mass is 10.1. The first kappa shape index (κ1) is 10.6. The van der Waals surface area contributed by atoms with Crippen molar-refractivity contribution >= 4 is 23.1 Å². The predicted octanol–water partition coefficient (Wildman–Crippen LogP) is 2.45. The minimum absolute atomic E-state index is 0.0300. The van der Waals surface area contributed by atoms with Gasteiger partial charge in [-0.3, -0.25) is 0 Å². The number of carboxylic acid groups (broad SMARTS) is 1. The maximum Gasteiger partial charge on any atom is 0.335 e. The van der Waals surface area contributed by atoms with E-state index < -0.39 is 5.97 Å². The van der Waals surface area contributed by atoms with Gasteiger partial charge in [-0.2, -0.15) is 0 Å². The molecule has 4 heteroatoms. The molecule has 0 aromatic heterocycles. The normalized spacial score (nSPS) is 9.57. The third-order valence-corrected chi connectivity index (χ3v) is 2.07.